The average molecular weight is 1120 g/mol. The lowest BCUT2D eigenvalue weighted by Crippen LogP contribution is -2.45. The van der Waals surface area contributed by atoms with Crippen molar-refractivity contribution >= 4 is 11.9 Å². The summed E-state index contributed by atoms with van der Waals surface area (Å²) in [6, 6.07) is -0.630. The van der Waals surface area contributed by atoms with Gasteiger partial charge in [-0.1, -0.05) is 346 Å². The summed E-state index contributed by atoms with van der Waals surface area (Å²) in [6.45, 7) is 4.90. The molecular weight excluding hydrogens is 983 g/mol. The summed E-state index contributed by atoms with van der Waals surface area (Å²) in [5.74, 6) is -0.0605. The van der Waals surface area contributed by atoms with Gasteiger partial charge >= 0.3 is 5.97 Å². The van der Waals surface area contributed by atoms with E-state index in [2.05, 4.69) is 43.5 Å². The summed E-state index contributed by atoms with van der Waals surface area (Å²) in [5, 5.41) is 23.3. The monoisotopic (exact) mass is 1120 g/mol. The SMILES string of the molecule is CCCC/C=C\CCCCCCCC(=O)OCCCCCCCCCCCCCC/C=C\CCCCCCCCCCCCCC(=O)NC(CO)C(O)/C=C/CCCCCCCCCCCCCCCCCCCCCCCCC. The second-order valence-electron chi connectivity index (χ2n) is 24.9. The highest BCUT2D eigenvalue weighted by atomic mass is 16.5. The van der Waals surface area contributed by atoms with Crippen LogP contribution in [0.15, 0.2) is 36.5 Å². The van der Waals surface area contributed by atoms with E-state index < -0.39 is 12.1 Å². The quantitative estimate of drug-likeness (QED) is 0.0320. The van der Waals surface area contributed by atoms with Crippen molar-refractivity contribution < 1.29 is 24.5 Å². The van der Waals surface area contributed by atoms with Crippen LogP contribution in [0.2, 0.25) is 0 Å². The number of unbranched alkanes of at least 4 members (excludes halogenated alkanes) is 53. The summed E-state index contributed by atoms with van der Waals surface area (Å²) in [5.41, 5.74) is 0. The van der Waals surface area contributed by atoms with Gasteiger partial charge in [0.2, 0.25) is 5.91 Å². The largest absolute Gasteiger partial charge is 0.466 e. The van der Waals surface area contributed by atoms with Crippen molar-refractivity contribution in [3.05, 3.63) is 36.5 Å². The van der Waals surface area contributed by atoms with Crippen molar-refractivity contribution in [3.63, 3.8) is 0 Å². The smallest absolute Gasteiger partial charge is 0.305 e. The number of hydrogen-bond acceptors (Lipinski definition) is 5. The van der Waals surface area contributed by atoms with Crippen molar-refractivity contribution in [2.45, 2.75) is 411 Å². The number of aliphatic hydroxyl groups excluding tert-OH is 2. The molecule has 0 bridgehead atoms. The summed E-state index contributed by atoms with van der Waals surface area (Å²) in [7, 11) is 0. The van der Waals surface area contributed by atoms with Crippen LogP contribution in [0.4, 0.5) is 0 Å². The molecule has 2 unspecified atom stereocenters. The lowest BCUT2D eigenvalue weighted by atomic mass is 10.0. The molecule has 2 atom stereocenters. The zero-order valence-electron chi connectivity index (χ0n) is 54.1. The van der Waals surface area contributed by atoms with Crippen LogP contribution in [-0.4, -0.2) is 47.4 Å². The van der Waals surface area contributed by atoms with Crippen LogP contribution in [-0.2, 0) is 14.3 Å². The number of hydrogen-bond donors (Lipinski definition) is 3. The van der Waals surface area contributed by atoms with E-state index in [-0.39, 0.29) is 18.5 Å². The van der Waals surface area contributed by atoms with E-state index in [1.54, 1.807) is 6.08 Å². The minimum atomic E-state index is -0.847. The number of amides is 1. The van der Waals surface area contributed by atoms with E-state index in [4.69, 9.17) is 4.74 Å². The van der Waals surface area contributed by atoms with Crippen LogP contribution in [0, 0.1) is 0 Å². The van der Waals surface area contributed by atoms with Crippen LogP contribution >= 0.6 is 0 Å². The molecule has 0 aliphatic carbocycles. The summed E-state index contributed by atoms with van der Waals surface area (Å²) in [6.07, 6.45) is 89.5. The van der Waals surface area contributed by atoms with E-state index in [1.165, 1.54) is 327 Å². The number of ether oxygens (including phenoxy) is 1. The predicted molar refractivity (Wildman–Crippen MR) is 352 cm³/mol. The van der Waals surface area contributed by atoms with Gasteiger partial charge in [0.1, 0.15) is 0 Å². The molecule has 6 nitrogen and oxygen atoms in total. The number of carbonyl (C=O) groups is 2. The molecule has 0 spiro atoms. The molecule has 0 aromatic rings. The number of carbonyl (C=O) groups excluding carboxylic acids is 2. The highest BCUT2D eigenvalue weighted by Crippen LogP contribution is 2.19. The van der Waals surface area contributed by atoms with Crippen LogP contribution < -0.4 is 5.32 Å². The molecule has 0 aromatic heterocycles. The summed E-state index contributed by atoms with van der Waals surface area (Å²) >= 11 is 0. The van der Waals surface area contributed by atoms with E-state index >= 15 is 0 Å². The van der Waals surface area contributed by atoms with Crippen molar-refractivity contribution in [1.82, 2.24) is 5.32 Å². The average Bonchev–Trinajstić information content (AvgIpc) is 3.46. The predicted octanol–water partition coefficient (Wildman–Crippen LogP) is 23.5. The van der Waals surface area contributed by atoms with Gasteiger partial charge < -0.3 is 20.3 Å². The molecule has 0 aliphatic rings. The first-order valence-electron chi connectivity index (χ1n) is 36.3. The van der Waals surface area contributed by atoms with Gasteiger partial charge in [0.05, 0.1) is 25.4 Å². The van der Waals surface area contributed by atoms with Gasteiger partial charge in [-0.2, -0.15) is 0 Å². The third-order valence-electron chi connectivity index (χ3n) is 16.9. The normalized spacial score (nSPS) is 12.7. The third-order valence-corrected chi connectivity index (χ3v) is 16.9. The molecule has 0 aliphatic heterocycles. The molecule has 0 heterocycles. The number of allylic oxidation sites excluding steroid dienone is 5. The maximum absolute atomic E-state index is 12.5. The topological polar surface area (TPSA) is 95.9 Å². The number of rotatable bonds is 68. The Bertz CT molecular complexity index is 1300. The number of aliphatic hydroxyl groups is 2. The first-order valence-corrected chi connectivity index (χ1v) is 36.3. The third kappa shape index (κ3) is 65.2. The fourth-order valence-corrected chi connectivity index (χ4v) is 11.3. The van der Waals surface area contributed by atoms with Crippen molar-refractivity contribution in [2.24, 2.45) is 0 Å². The van der Waals surface area contributed by atoms with Gasteiger partial charge in [0, 0.05) is 12.8 Å². The number of esters is 1. The fraction of sp³-hybridized carbons (Fsp3) is 0.892. The Balaban J connectivity index is 3.42. The Labute approximate surface area is 500 Å². The highest BCUT2D eigenvalue weighted by Gasteiger charge is 2.18. The molecule has 6 heteroatoms. The van der Waals surface area contributed by atoms with E-state index in [0.29, 0.717) is 19.4 Å². The molecule has 0 saturated carbocycles. The Hall–Kier alpha value is -1.92. The van der Waals surface area contributed by atoms with Gasteiger partial charge in [-0.05, 0) is 77.0 Å². The first kappa shape index (κ1) is 78.1. The molecule has 0 radical (unpaired) electrons. The van der Waals surface area contributed by atoms with Crippen LogP contribution in [0.25, 0.3) is 0 Å². The van der Waals surface area contributed by atoms with Gasteiger partial charge in [0.25, 0.3) is 0 Å². The van der Waals surface area contributed by atoms with Crippen molar-refractivity contribution in [2.75, 3.05) is 13.2 Å². The van der Waals surface area contributed by atoms with Gasteiger partial charge in [-0.15, -0.1) is 0 Å². The van der Waals surface area contributed by atoms with Crippen LogP contribution in [0.1, 0.15) is 399 Å². The Morgan fingerprint density at radius 1 is 0.338 bits per heavy atom. The minimum Gasteiger partial charge on any atom is -0.466 e. The van der Waals surface area contributed by atoms with Crippen molar-refractivity contribution in [1.29, 1.82) is 0 Å². The minimum absolute atomic E-state index is 0.00403. The Kier molecular flexibility index (Phi) is 67.9. The van der Waals surface area contributed by atoms with E-state index in [0.717, 1.165) is 44.9 Å². The molecule has 0 saturated heterocycles. The molecule has 1 amide bonds. The standard InChI is InChI=1S/C74H141NO5/c1-3-5-7-9-11-13-15-16-17-18-19-20-21-25-28-31-34-37-40-43-47-50-54-58-62-66-72(77)71(70-76)75-73(78)67-63-59-55-51-48-44-41-38-35-32-29-26-23-22-24-27-30-33-36-39-42-45-49-53-57-61-65-69-80-74(79)68-64-60-56-52-46-14-12-10-8-6-4-2/h10,12,22-23,62,66,71-72,76-77H,3-9,11,13-21,24-61,63-65,67-70H2,1-2H3,(H,75,78)/b12-10-,23-22-,66-62+. The molecule has 0 aromatic carbocycles. The molecular formula is C74H141NO5. The van der Waals surface area contributed by atoms with Crippen molar-refractivity contribution in [3.8, 4) is 0 Å². The summed E-state index contributed by atoms with van der Waals surface area (Å²) in [4.78, 5) is 24.5. The zero-order chi connectivity index (χ0) is 57.8. The maximum Gasteiger partial charge on any atom is 0.305 e. The van der Waals surface area contributed by atoms with E-state index in [1.807, 2.05) is 6.08 Å². The lowest BCUT2D eigenvalue weighted by Gasteiger charge is -2.20. The van der Waals surface area contributed by atoms with Gasteiger partial charge in [-0.3, -0.25) is 9.59 Å². The molecule has 0 fully saturated rings. The van der Waals surface area contributed by atoms with Crippen LogP contribution in [0.5, 0.6) is 0 Å². The number of nitrogens with one attached hydrogen (secondary N) is 1. The maximum atomic E-state index is 12.5. The van der Waals surface area contributed by atoms with Crippen LogP contribution in [0.3, 0.4) is 0 Å². The molecule has 472 valence electrons. The fourth-order valence-electron chi connectivity index (χ4n) is 11.3. The second-order valence-corrected chi connectivity index (χ2v) is 24.9. The Morgan fingerprint density at radius 3 is 0.925 bits per heavy atom. The highest BCUT2D eigenvalue weighted by molar-refractivity contribution is 5.76. The van der Waals surface area contributed by atoms with Gasteiger partial charge in [0.15, 0.2) is 0 Å². The van der Waals surface area contributed by atoms with E-state index in [9.17, 15) is 19.8 Å². The summed E-state index contributed by atoms with van der Waals surface area (Å²) < 4.78 is 5.47. The second kappa shape index (κ2) is 69.6. The van der Waals surface area contributed by atoms with Gasteiger partial charge in [-0.25, -0.2) is 0 Å². The lowest BCUT2D eigenvalue weighted by molar-refractivity contribution is -0.143. The molecule has 0 rings (SSSR count). The molecule has 80 heavy (non-hydrogen) atoms. The zero-order valence-corrected chi connectivity index (χ0v) is 54.1. The molecule has 3 N–H and O–H groups in total. The Morgan fingerprint density at radius 2 is 0.600 bits per heavy atom. The first-order chi connectivity index (χ1) is 39.5.